The van der Waals surface area contributed by atoms with E-state index in [2.05, 4.69) is 15.5 Å². The summed E-state index contributed by atoms with van der Waals surface area (Å²) in [5.74, 6) is 1.69. The van der Waals surface area contributed by atoms with Crippen molar-refractivity contribution in [3.8, 4) is 5.75 Å². The van der Waals surface area contributed by atoms with E-state index in [1.54, 1.807) is 37.6 Å². The molecule has 0 fully saturated rings. The average Bonchev–Trinajstić information content (AvgIpc) is 3.06. The van der Waals surface area contributed by atoms with Gasteiger partial charge < -0.3 is 14.6 Å². The second-order valence-corrected chi connectivity index (χ2v) is 6.19. The predicted molar refractivity (Wildman–Crippen MR) is 96.0 cm³/mol. The Labute approximate surface area is 149 Å². The van der Waals surface area contributed by atoms with Crippen molar-refractivity contribution in [2.24, 2.45) is 0 Å². The number of hydrogen-bond donors (Lipinski definition) is 1. The molecule has 0 atom stereocenters. The Bertz CT molecular complexity index is 879. The van der Waals surface area contributed by atoms with Crippen LogP contribution in [0.1, 0.15) is 21.8 Å². The molecule has 0 aliphatic rings. The van der Waals surface area contributed by atoms with E-state index in [1.807, 2.05) is 25.1 Å². The molecule has 0 radical (unpaired) electrons. The van der Waals surface area contributed by atoms with Crippen molar-refractivity contribution in [3.63, 3.8) is 0 Å². The first-order chi connectivity index (χ1) is 12.2. The molecule has 0 aliphatic heterocycles. The number of carbonyl (C=O) groups is 1. The van der Waals surface area contributed by atoms with E-state index < -0.39 is 0 Å². The molecule has 0 bridgehead atoms. The smallest absolute Gasteiger partial charge is 0.258 e. The molecule has 0 saturated heterocycles. The number of nitrogens with one attached hydrogen (secondary N) is 1. The molecule has 0 unspecified atom stereocenters. The lowest BCUT2D eigenvalue weighted by Gasteiger charge is -2.11. The van der Waals surface area contributed by atoms with Gasteiger partial charge in [0.05, 0.1) is 24.1 Å². The van der Waals surface area contributed by atoms with Crippen molar-refractivity contribution in [3.05, 3.63) is 65.7 Å². The van der Waals surface area contributed by atoms with Crippen LogP contribution in [0.4, 0.5) is 5.69 Å². The Morgan fingerprint density at radius 3 is 2.88 bits per heavy atom. The minimum atomic E-state index is -0.239. The highest BCUT2D eigenvalue weighted by atomic mass is 32.2. The van der Waals surface area contributed by atoms with Crippen LogP contribution in [0.15, 0.2) is 58.2 Å². The first-order valence-electron chi connectivity index (χ1n) is 7.62. The molecule has 1 N–H and O–H groups in total. The number of hydrogen-bond acceptors (Lipinski definition) is 6. The van der Waals surface area contributed by atoms with Crippen molar-refractivity contribution in [1.82, 2.24) is 10.1 Å². The van der Waals surface area contributed by atoms with Gasteiger partial charge in [-0.05, 0) is 31.2 Å². The summed E-state index contributed by atoms with van der Waals surface area (Å²) in [4.78, 5) is 17.0. The number of aryl methyl sites for hydroxylation is 1. The summed E-state index contributed by atoms with van der Waals surface area (Å²) in [6.45, 7) is 1.84. The molecule has 7 heteroatoms. The zero-order valence-electron chi connectivity index (χ0n) is 13.9. The minimum Gasteiger partial charge on any atom is -0.495 e. The molecule has 3 aromatic rings. The number of nitrogens with zero attached hydrogens (tertiary/aromatic N) is 2. The highest BCUT2D eigenvalue weighted by Gasteiger charge is 2.15. The van der Waals surface area contributed by atoms with E-state index in [9.17, 15) is 4.79 Å². The second kappa shape index (κ2) is 7.85. The summed E-state index contributed by atoms with van der Waals surface area (Å²) in [6, 6.07) is 12.6. The normalized spacial score (nSPS) is 10.5. The fourth-order valence-corrected chi connectivity index (χ4v) is 3.12. The number of aromatic nitrogens is 2. The molecule has 1 aromatic carbocycles. The number of methoxy groups -OCH3 is 1. The first-order valence-corrected chi connectivity index (χ1v) is 8.60. The van der Waals surface area contributed by atoms with E-state index in [4.69, 9.17) is 9.26 Å². The van der Waals surface area contributed by atoms with E-state index in [1.165, 1.54) is 11.8 Å². The Balaban J connectivity index is 1.76. The summed E-state index contributed by atoms with van der Waals surface area (Å²) in [6.07, 6.45) is 1.66. The third-order valence-electron chi connectivity index (χ3n) is 3.40. The van der Waals surface area contributed by atoms with Gasteiger partial charge >= 0.3 is 0 Å². The summed E-state index contributed by atoms with van der Waals surface area (Å²) < 4.78 is 10.3. The van der Waals surface area contributed by atoms with Gasteiger partial charge in [0.2, 0.25) is 0 Å². The monoisotopic (exact) mass is 355 g/mol. The van der Waals surface area contributed by atoms with Gasteiger partial charge in [-0.3, -0.25) is 4.79 Å². The van der Waals surface area contributed by atoms with E-state index in [0.717, 1.165) is 11.5 Å². The molecule has 0 spiro atoms. The largest absolute Gasteiger partial charge is 0.495 e. The van der Waals surface area contributed by atoms with Crippen molar-refractivity contribution in [2.75, 3.05) is 12.4 Å². The molecule has 3 rings (SSSR count). The molecule has 2 aromatic heterocycles. The molecule has 25 heavy (non-hydrogen) atoms. The maximum atomic E-state index is 12.7. The Kier molecular flexibility index (Phi) is 5.35. The topological polar surface area (TPSA) is 77.2 Å². The zero-order chi connectivity index (χ0) is 17.6. The lowest BCUT2D eigenvalue weighted by atomic mass is 10.2. The van der Waals surface area contributed by atoms with E-state index in [-0.39, 0.29) is 5.91 Å². The van der Waals surface area contributed by atoms with Gasteiger partial charge in [0, 0.05) is 18.0 Å². The van der Waals surface area contributed by atoms with Crippen LogP contribution < -0.4 is 10.1 Å². The maximum Gasteiger partial charge on any atom is 0.258 e. The highest BCUT2D eigenvalue weighted by molar-refractivity contribution is 7.98. The first kappa shape index (κ1) is 17.0. The number of carbonyl (C=O) groups excluding carboxylic acids is 1. The Hall–Kier alpha value is -2.80. The van der Waals surface area contributed by atoms with Crippen LogP contribution in [0.2, 0.25) is 0 Å². The van der Waals surface area contributed by atoms with Gasteiger partial charge in [0.1, 0.15) is 16.5 Å². The number of rotatable bonds is 6. The summed E-state index contributed by atoms with van der Waals surface area (Å²) in [5.41, 5.74) is 1.92. The number of amides is 1. The van der Waals surface area contributed by atoms with Crippen LogP contribution in [0.3, 0.4) is 0 Å². The maximum absolute atomic E-state index is 12.7. The van der Waals surface area contributed by atoms with Gasteiger partial charge in [-0.1, -0.05) is 29.1 Å². The SMILES string of the molecule is COc1ccccc1NC(=O)c1cccnc1SCc1cc(C)on1. The summed E-state index contributed by atoms with van der Waals surface area (Å²) in [7, 11) is 1.57. The molecular weight excluding hydrogens is 338 g/mol. The van der Waals surface area contributed by atoms with Gasteiger partial charge in [-0.2, -0.15) is 0 Å². The molecule has 0 saturated carbocycles. The number of anilines is 1. The average molecular weight is 355 g/mol. The number of pyridine rings is 1. The Morgan fingerprint density at radius 1 is 1.28 bits per heavy atom. The van der Waals surface area contributed by atoms with Gasteiger partial charge in [0.15, 0.2) is 0 Å². The summed E-state index contributed by atoms with van der Waals surface area (Å²) in [5, 5.41) is 7.46. The van der Waals surface area contributed by atoms with Gasteiger partial charge in [0.25, 0.3) is 5.91 Å². The molecule has 128 valence electrons. The number of para-hydroxylation sites is 2. The predicted octanol–water partition coefficient (Wildman–Crippen LogP) is 3.93. The summed E-state index contributed by atoms with van der Waals surface area (Å²) >= 11 is 1.44. The minimum absolute atomic E-state index is 0.239. The van der Waals surface area contributed by atoms with Crippen LogP contribution in [-0.4, -0.2) is 23.2 Å². The fraction of sp³-hybridized carbons (Fsp3) is 0.167. The van der Waals surface area contributed by atoms with Crippen molar-refractivity contribution < 1.29 is 14.1 Å². The van der Waals surface area contributed by atoms with E-state index in [0.29, 0.717) is 27.8 Å². The van der Waals surface area contributed by atoms with Gasteiger partial charge in [-0.25, -0.2) is 4.98 Å². The van der Waals surface area contributed by atoms with Crippen molar-refractivity contribution in [1.29, 1.82) is 0 Å². The van der Waals surface area contributed by atoms with E-state index >= 15 is 0 Å². The van der Waals surface area contributed by atoms with Crippen molar-refractivity contribution in [2.45, 2.75) is 17.7 Å². The lowest BCUT2D eigenvalue weighted by molar-refractivity contribution is 0.102. The van der Waals surface area contributed by atoms with Crippen LogP contribution in [-0.2, 0) is 5.75 Å². The molecule has 0 aliphatic carbocycles. The zero-order valence-corrected chi connectivity index (χ0v) is 14.7. The van der Waals surface area contributed by atoms with Crippen LogP contribution >= 0.6 is 11.8 Å². The molecule has 6 nitrogen and oxygen atoms in total. The van der Waals surface area contributed by atoms with Gasteiger partial charge in [-0.15, -0.1) is 0 Å². The highest BCUT2D eigenvalue weighted by Crippen LogP contribution is 2.27. The lowest BCUT2D eigenvalue weighted by Crippen LogP contribution is -2.14. The van der Waals surface area contributed by atoms with Crippen LogP contribution in [0.25, 0.3) is 0 Å². The van der Waals surface area contributed by atoms with Crippen molar-refractivity contribution >= 4 is 23.4 Å². The molecular formula is C18H17N3O3S. The van der Waals surface area contributed by atoms with Crippen LogP contribution in [0.5, 0.6) is 5.75 Å². The standard InChI is InChI=1S/C18H17N3O3S/c1-12-10-13(21-24-12)11-25-18-14(6-5-9-19-18)17(22)20-15-7-3-4-8-16(15)23-2/h3-10H,11H2,1-2H3,(H,20,22). The fourth-order valence-electron chi connectivity index (χ4n) is 2.24. The molecule has 1 amide bonds. The second-order valence-electron chi connectivity index (χ2n) is 5.23. The molecule has 2 heterocycles. The number of benzene rings is 1. The number of ether oxygens (including phenoxy) is 1. The van der Waals surface area contributed by atoms with Crippen LogP contribution in [0, 0.1) is 6.92 Å². The third kappa shape index (κ3) is 4.19. The quantitative estimate of drug-likeness (QED) is 0.675. The Morgan fingerprint density at radius 2 is 2.12 bits per heavy atom. The third-order valence-corrected chi connectivity index (χ3v) is 4.44. The number of thioether (sulfide) groups is 1.